The van der Waals surface area contributed by atoms with Crippen molar-refractivity contribution in [3.05, 3.63) is 36.9 Å². The van der Waals surface area contributed by atoms with Gasteiger partial charge in [-0.15, -0.1) is 0 Å². The summed E-state index contributed by atoms with van der Waals surface area (Å²) in [6, 6.07) is 8.99. The van der Waals surface area contributed by atoms with Crippen LogP contribution in [-0.2, 0) is 0 Å². The van der Waals surface area contributed by atoms with E-state index in [-0.39, 0.29) is 0 Å². The molecular weight excluding hydrogens is 224 g/mol. The lowest BCUT2D eigenvalue weighted by Gasteiger charge is -2.24. The highest BCUT2D eigenvalue weighted by molar-refractivity contribution is 5.63. The van der Waals surface area contributed by atoms with Crippen LogP contribution in [0.15, 0.2) is 41.3 Å². The summed E-state index contributed by atoms with van der Waals surface area (Å²) in [5.74, 6) is 0.822. The molecule has 0 saturated heterocycles. The number of benzene rings is 1. The van der Waals surface area contributed by atoms with E-state index in [1.54, 1.807) is 6.20 Å². The number of aromatic nitrogens is 1. The lowest BCUT2D eigenvalue weighted by molar-refractivity contribution is 0.463. The predicted molar refractivity (Wildman–Crippen MR) is 72.4 cm³/mol. The van der Waals surface area contributed by atoms with Gasteiger partial charge in [-0.2, -0.15) is 0 Å². The van der Waals surface area contributed by atoms with E-state index < -0.39 is 0 Å². The van der Waals surface area contributed by atoms with E-state index in [1.807, 2.05) is 6.07 Å². The monoisotopic (exact) mass is 242 g/mol. The first-order valence-corrected chi connectivity index (χ1v) is 6.67. The highest BCUT2D eigenvalue weighted by Crippen LogP contribution is 2.25. The molecule has 0 radical (unpaired) electrons. The van der Waals surface area contributed by atoms with E-state index >= 15 is 0 Å². The van der Waals surface area contributed by atoms with Crippen LogP contribution in [-0.4, -0.2) is 11.0 Å². The Morgan fingerprint density at radius 3 is 2.83 bits per heavy atom. The first-order valence-electron chi connectivity index (χ1n) is 6.67. The van der Waals surface area contributed by atoms with Crippen molar-refractivity contribution in [2.75, 3.05) is 5.32 Å². The molecule has 0 bridgehead atoms. The molecule has 0 unspecified atom stereocenters. The Kier molecular flexibility index (Phi) is 3.31. The Bertz CT molecular complexity index is 487. The Balaban J connectivity index is 1.74. The van der Waals surface area contributed by atoms with Crippen LogP contribution in [0.4, 0.5) is 5.69 Å². The maximum atomic E-state index is 5.33. The highest BCUT2D eigenvalue weighted by Gasteiger charge is 2.13. The van der Waals surface area contributed by atoms with Gasteiger partial charge in [0.25, 0.3) is 0 Å². The molecule has 0 amide bonds. The number of nitrogens with zero attached hydrogens (tertiary/aromatic N) is 1. The van der Waals surface area contributed by atoms with Crippen LogP contribution in [0.5, 0.6) is 0 Å². The van der Waals surface area contributed by atoms with Crippen LogP contribution in [0.3, 0.4) is 0 Å². The topological polar surface area (TPSA) is 38.1 Å². The fraction of sp³-hybridized carbons (Fsp3) is 0.400. The van der Waals surface area contributed by atoms with Gasteiger partial charge in [0.05, 0.1) is 6.20 Å². The van der Waals surface area contributed by atoms with Crippen LogP contribution in [0, 0.1) is 0 Å². The van der Waals surface area contributed by atoms with Gasteiger partial charge in [0.15, 0.2) is 12.2 Å². The average Bonchev–Trinajstić information content (AvgIpc) is 2.94. The summed E-state index contributed by atoms with van der Waals surface area (Å²) in [4.78, 5) is 3.96. The van der Waals surface area contributed by atoms with Gasteiger partial charge in [-0.3, -0.25) is 0 Å². The maximum absolute atomic E-state index is 5.33. The molecule has 1 heterocycles. The first kappa shape index (κ1) is 11.3. The van der Waals surface area contributed by atoms with E-state index in [0.717, 1.165) is 11.3 Å². The van der Waals surface area contributed by atoms with E-state index in [9.17, 15) is 0 Å². The number of nitrogens with one attached hydrogen (secondary N) is 1. The molecule has 3 nitrogen and oxygen atoms in total. The minimum atomic E-state index is 0.628. The van der Waals surface area contributed by atoms with Gasteiger partial charge in [0.1, 0.15) is 0 Å². The van der Waals surface area contributed by atoms with E-state index in [2.05, 4.69) is 28.5 Å². The van der Waals surface area contributed by atoms with Crippen molar-refractivity contribution in [2.45, 2.75) is 38.1 Å². The largest absolute Gasteiger partial charge is 0.444 e. The van der Waals surface area contributed by atoms with Crippen LogP contribution in [0.2, 0.25) is 0 Å². The molecule has 3 heteroatoms. The van der Waals surface area contributed by atoms with Gasteiger partial charge >= 0.3 is 0 Å². The summed E-state index contributed by atoms with van der Waals surface area (Å²) in [5, 5.41) is 3.62. The summed E-state index contributed by atoms with van der Waals surface area (Å²) < 4.78 is 5.33. The molecule has 1 fully saturated rings. The summed E-state index contributed by atoms with van der Waals surface area (Å²) in [7, 11) is 0. The molecule has 18 heavy (non-hydrogen) atoms. The summed E-state index contributed by atoms with van der Waals surface area (Å²) in [6.07, 6.45) is 9.87. The van der Waals surface area contributed by atoms with Crippen molar-refractivity contribution < 1.29 is 4.42 Å². The van der Waals surface area contributed by atoms with E-state index in [0.29, 0.717) is 6.04 Å². The summed E-state index contributed by atoms with van der Waals surface area (Å²) >= 11 is 0. The molecule has 0 atom stereocenters. The zero-order valence-electron chi connectivity index (χ0n) is 10.4. The molecule has 0 spiro atoms. The number of anilines is 1. The minimum Gasteiger partial charge on any atom is -0.444 e. The van der Waals surface area contributed by atoms with Crippen LogP contribution < -0.4 is 5.32 Å². The Hall–Kier alpha value is -1.77. The van der Waals surface area contributed by atoms with E-state index in [1.165, 1.54) is 44.2 Å². The quantitative estimate of drug-likeness (QED) is 0.881. The molecule has 0 aliphatic heterocycles. The Labute approximate surface area is 107 Å². The van der Waals surface area contributed by atoms with Gasteiger partial charge < -0.3 is 9.73 Å². The molecule has 1 saturated carbocycles. The highest BCUT2D eigenvalue weighted by atomic mass is 16.3. The van der Waals surface area contributed by atoms with Gasteiger partial charge in [-0.05, 0) is 25.0 Å². The van der Waals surface area contributed by atoms with Gasteiger partial charge in [-0.25, -0.2) is 4.98 Å². The number of hydrogen-bond acceptors (Lipinski definition) is 3. The van der Waals surface area contributed by atoms with E-state index in [4.69, 9.17) is 4.42 Å². The number of hydrogen-bond donors (Lipinski definition) is 1. The SMILES string of the molecule is c1cc(NC2CCCCC2)cc(-c2cnco2)c1. The number of rotatable bonds is 3. The average molecular weight is 242 g/mol. The van der Waals surface area contributed by atoms with Crippen molar-refractivity contribution in [2.24, 2.45) is 0 Å². The summed E-state index contributed by atoms with van der Waals surface area (Å²) in [5.41, 5.74) is 2.25. The third-order valence-corrected chi connectivity index (χ3v) is 3.56. The maximum Gasteiger partial charge on any atom is 0.181 e. The molecule has 1 aromatic heterocycles. The Morgan fingerprint density at radius 1 is 1.17 bits per heavy atom. The second-order valence-corrected chi connectivity index (χ2v) is 4.93. The van der Waals surface area contributed by atoms with Gasteiger partial charge in [-0.1, -0.05) is 31.4 Å². The molecule has 1 N–H and O–H groups in total. The predicted octanol–water partition coefficient (Wildman–Crippen LogP) is 4.09. The van der Waals surface area contributed by atoms with Crippen molar-refractivity contribution in [3.63, 3.8) is 0 Å². The van der Waals surface area contributed by atoms with Gasteiger partial charge in [0, 0.05) is 17.3 Å². The minimum absolute atomic E-state index is 0.628. The second kappa shape index (κ2) is 5.25. The third kappa shape index (κ3) is 2.55. The zero-order valence-corrected chi connectivity index (χ0v) is 10.4. The summed E-state index contributed by atoms with van der Waals surface area (Å²) in [6.45, 7) is 0. The van der Waals surface area contributed by atoms with Crippen LogP contribution >= 0.6 is 0 Å². The van der Waals surface area contributed by atoms with Crippen molar-refractivity contribution in [3.8, 4) is 11.3 Å². The fourth-order valence-corrected chi connectivity index (χ4v) is 2.60. The van der Waals surface area contributed by atoms with Crippen molar-refractivity contribution in [1.29, 1.82) is 0 Å². The second-order valence-electron chi connectivity index (χ2n) is 4.93. The molecule has 1 aromatic carbocycles. The zero-order chi connectivity index (χ0) is 12.2. The van der Waals surface area contributed by atoms with Crippen LogP contribution in [0.25, 0.3) is 11.3 Å². The van der Waals surface area contributed by atoms with Gasteiger partial charge in [0.2, 0.25) is 0 Å². The molecule has 1 aliphatic rings. The molecular formula is C15H18N2O. The standard InChI is InChI=1S/C15H18N2O/c1-2-6-13(7-3-1)17-14-8-4-5-12(9-14)15-10-16-11-18-15/h4-5,8-11,13,17H,1-3,6-7H2. The van der Waals surface area contributed by atoms with Crippen molar-refractivity contribution >= 4 is 5.69 Å². The lowest BCUT2D eigenvalue weighted by atomic mass is 9.95. The smallest absolute Gasteiger partial charge is 0.181 e. The van der Waals surface area contributed by atoms with Crippen molar-refractivity contribution in [1.82, 2.24) is 4.98 Å². The normalized spacial score (nSPS) is 16.7. The number of oxazole rings is 1. The first-order chi connectivity index (χ1) is 8.92. The third-order valence-electron chi connectivity index (χ3n) is 3.56. The lowest BCUT2D eigenvalue weighted by Crippen LogP contribution is -2.22. The van der Waals surface area contributed by atoms with Crippen LogP contribution in [0.1, 0.15) is 32.1 Å². The Morgan fingerprint density at radius 2 is 2.06 bits per heavy atom. The fourth-order valence-electron chi connectivity index (χ4n) is 2.60. The molecule has 3 rings (SSSR count). The molecule has 94 valence electrons. The molecule has 2 aromatic rings. The molecule has 1 aliphatic carbocycles.